The van der Waals surface area contributed by atoms with Gasteiger partial charge in [-0.3, -0.25) is 0 Å². The molecule has 0 N–H and O–H groups in total. The van der Waals surface area contributed by atoms with Gasteiger partial charge in [0, 0.05) is 27.8 Å². The SMILES string of the molecule is c1cc(-c2cccc3oc4ccccc4c23)cc(N(c2ccc(-c3cccc4ccccc34)cc2)c2ccc3c(ccc4ccccc43)c2)c1. The highest BCUT2D eigenvalue weighted by atomic mass is 16.3. The van der Waals surface area contributed by atoms with Crippen LogP contribution in [0.5, 0.6) is 0 Å². The molecule has 1 heterocycles. The lowest BCUT2D eigenvalue weighted by Crippen LogP contribution is -2.10. The predicted octanol–water partition coefficient (Wildman–Crippen LogP) is 13.8. The molecule has 0 atom stereocenters. The Kier molecular flexibility index (Phi) is 6.53. The van der Waals surface area contributed by atoms with E-state index in [2.05, 4.69) is 181 Å². The van der Waals surface area contributed by atoms with Gasteiger partial charge in [-0.15, -0.1) is 0 Å². The van der Waals surface area contributed by atoms with Crippen LogP contribution >= 0.6 is 0 Å². The summed E-state index contributed by atoms with van der Waals surface area (Å²) >= 11 is 0. The molecule has 9 aromatic carbocycles. The summed E-state index contributed by atoms with van der Waals surface area (Å²) in [6, 6.07) is 67.6. The summed E-state index contributed by atoms with van der Waals surface area (Å²) in [5.41, 5.74) is 9.83. The van der Waals surface area contributed by atoms with Crippen LogP contribution in [0.25, 0.3) is 76.5 Å². The van der Waals surface area contributed by atoms with E-state index in [-0.39, 0.29) is 0 Å². The van der Waals surface area contributed by atoms with Gasteiger partial charge in [-0.05, 0) is 103 Å². The van der Waals surface area contributed by atoms with Crippen LogP contribution in [-0.2, 0) is 0 Å². The highest BCUT2D eigenvalue weighted by Gasteiger charge is 2.17. The van der Waals surface area contributed by atoms with Crippen LogP contribution < -0.4 is 4.90 Å². The summed E-state index contributed by atoms with van der Waals surface area (Å²) < 4.78 is 6.27. The molecule has 0 amide bonds. The molecule has 0 saturated heterocycles. The molecule has 0 spiro atoms. The van der Waals surface area contributed by atoms with Gasteiger partial charge >= 0.3 is 0 Å². The van der Waals surface area contributed by atoms with Crippen LogP contribution in [0.2, 0.25) is 0 Å². The van der Waals surface area contributed by atoms with Crippen LogP contribution in [0.4, 0.5) is 17.1 Å². The molecule has 0 radical (unpaired) electrons. The Morgan fingerprint density at radius 1 is 0.320 bits per heavy atom. The van der Waals surface area contributed by atoms with Gasteiger partial charge in [0.25, 0.3) is 0 Å². The molecule has 0 fully saturated rings. The molecule has 10 aromatic rings. The summed E-state index contributed by atoms with van der Waals surface area (Å²) in [7, 11) is 0. The third-order valence-electron chi connectivity index (χ3n) is 10.0. The van der Waals surface area contributed by atoms with E-state index >= 15 is 0 Å². The fraction of sp³-hybridized carbons (Fsp3) is 0. The standard InChI is InChI=1S/C48H31NO/c1-3-15-40-32(10-1)12-8-18-42(40)34-24-26-37(27-25-34)49(39-28-29-43-36(31-39)23-22-33-11-2-4-16-41(33)43)38-14-7-13-35(30-38)44-19-9-21-47-48(44)45-17-5-6-20-46(45)50-47/h1-31H. The molecule has 0 aliphatic rings. The van der Waals surface area contributed by atoms with Crippen molar-refractivity contribution in [2.24, 2.45) is 0 Å². The first kappa shape index (κ1) is 28.4. The van der Waals surface area contributed by atoms with E-state index < -0.39 is 0 Å². The second-order valence-electron chi connectivity index (χ2n) is 12.9. The maximum absolute atomic E-state index is 6.27. The predicted molar refractivity (Wildman–Crippen MR) is 212 cm³/mol. The summed E-state index contributed by atoms with van der Waals surface area (Å²) in [4.78, 5) is 2.37. The van der Waals surface area contributed by atoms with Crippen LogP contribution in [0, 0.1) is 0 Å². The number of anilines is 3. The van der Waals surface area contributed by atoms with Crippen molar-refractivity contribution in [1.82, 2.24) is 0 Å². The highest BCUT2D eigenvalue weighted by molar-refractivity contribution is 6.13. The lowest BCUT2D eigenvalue weighted by atomic mass is 9.97. The topological polar surface area (TPSA) is 16.4 Å². The lowest BCUT2D eigenvalue weighted by Gasteiger charge is -2.27. The van der Waals surface area contributed by atoms with Crippen molar-refractivity contribution in [2.75, 3.05) is 4.90 Å². The van der Waals surface area contributed by atoms with Gasteiger partial charge in [0.05, 0.1) is 0 Å². The van der Waals surface area contributed by atoms with E-state index in [1.807, 2.05) is 12.1 Å². The molecule has 50 heavy (non-hydrogen) atoms. The Bertz CT molecular complexity index is 2870. The second-order valence-corrected chi connectivity index (χ2v) is 12.9. The maximum atomic E-state index is 6.27. The van der Waals surface area contributed by atoms with Gasteiger partial charge < -0.3 is 9.32 Å². The minimum atomic E-state index is 0.900. The minimum Gasteiger partial charge on any atom is -0.456 e. The molecule has 2 heteroatoms. The van der Waals surface area contributed by atoms with Crippen molar-refractivity contribution in [3.05, 3.63) is 188 Å². The molecule has 2 nitrogen and oxygen atoms in total. The minimum absolute atomic E-state index is 0.900. The number of hydrogen-bond acceptors (Lipinski definition) is 2. The van der Waals surface area contributed by atoms with E-state index in [0.717, 1.165) is 50.1 Å². The van der Waals surface area contributed by atoms with Gasteiger partial charge in [-0.25, -0.2) is 0 Å². The van der Waals surface area contributed by atoms with Gasteiger partial charge in [0.15, 0.2) is 0 Å². The zero-order valence-corrected chi connectivity index (χ0v) is 27.3. The summed E-state index contributed by atoms with van der Waals surface area (Å²) in [6.45, 7) is 0. The molecule has 234 valence electrons. The second kappa shape index (κ2) is 11.5. The van der Waals surface area contributed by atoms with Crippen molar-refractivity contribution < 1.29 is 4.42 Å². The normalized spacial score (nSPS) is 11.6. The summed E-state index contributed by atoms with van der Waals surface area (Å²) in [6.07, 6.45) is 0. The zero-order chi connectivity index (χ0) is 33.0. The van der Waals surface area contributed by atoms with Crippen molar-refractivity contribution in [1.29, 1.82) is 0 Å². The molecule has 0 aliphatic heterocycles. The van der Waals surface area contributed by atoms with Crippen LogP contribution in [-0.4, -0.2) is 0 Å². The average molecular weight is 638 g/mol. The van der Waals surface area contributed by atoms with Gasteiger partial charge in [0.1, 0.15) is 11.2 Å². The van der Waals surface area contributed by atoms with Crippen molar-refractivity contribution >= 4 is 71.3 Å². The number of nitrogens with zero attached hydrogens (tertiary/aromatic N) is 1. The van der Waals surface area contributed by atoms with Gasteiger partial charge in [0.2, 0.25) is 0 Å². The van der Waals surface area contributed by atoms with E-state index in [9.17, 15) is 0 Å². The largest absolute Gasteiger partial charge is 0.456 e. The number of rotatable bonds is 5. The van der Waals surface area contributed by atoms with Gasteiger partial charge in [-0.1, -0.05) is 140 Å². The summed E-state index contributed by atoms with van der Waals surface area (Å²) in [5, 5.41) is 9.77. The number of benzene rings is 9. The first-order valence-corrected chi connectivity index (χ1v) is 17.1. The highest BCUT2D eigenvalue weighted by Crippen LogP contribution is 2.42. The van der Waals surface area contributed by atoms with Crippen LogP contribution in [0.15, 0.2) is 192 Å². The quantitative estimate of drug-likeness (QED) is 0.175. The molecule has 10 rings (SSSR count). The lowest BCUT2D eigenvalue weighted by molar-refractivity contribution is 0.669. The maximum Gasteiger partial charge on any atom is 0.136 e. The van der Waals surface area contributed by atoms with E-state index in [1.54, 1.807) is 0 Å². The van der Waals surface area contributed by atoms with Crippen molar-refractivity contribution in [3.63, 3.8) is 0 Å². The first-order valence-electron chi connectivity index (χ1n) is 17.1. The Hall–Kier alpha value is -6.64. The van der Waals surface area contributed by atoms with E-state index in [0.29, 0.717) is 0 Å². The Labute approximate surface area is 290 Å². The third-order valence-corrected chi connectivity index (χ3v) is 10.0. The van der Waals surface area contributed by atoms with Crippen molar-refractivity contribution in [2.45, 2.75) is 0 Å². The monoisotopic (exact) mass is 637 g/mol. The van der Waals surface area contributed by atoms with Crippen LogP contribution in [0.3, 0.4) is 0 Å². The fourth-order valence-electron chi connectivity index (χ4n) is 7.68. The molecule has 0 unspecified atom stereocenters. The first-order chi connectivity index (χ1) is 24.8. The fourth-order valence-corrected chi connectivity index (χ4v) is 7.68. The zero-order valence-electron chi connectivity index (χ0n) is 27.3. The Morgan fingerprint density at radius 3 is 1.80 bits per heavy atom. The number of furan rings is 1. The van der Waals surface area contributed by atoms with E-state index in [1.165, 1.54) is 43.4 Å². The molecular formula is C48H31NO. The average Bonchev–Trinajstić information content (AvgIpc) is 3.57. The molecule has 0 aliphatic carbocycles. The van der Waals surface area contributed by atoms with E-state index in [4.69, 9.17) is 4.42 Å². The number of para-hydroxylation sites is 1. The third kappa shape index (κ3) is 4.65. The number of hydrogen-bond donors (Lipinski definition) is 0. The molecular weight excluding hydrogens is 607 g/mol. The summed E-state index contributed by atoms with van der Waals surface area (Å²) in [5.74, 6) is 0. The van der Waals surface area contributed by atoms with Gasteiger partial charge in [-0.2, -0.15) is 0 Å². The van der Waals surface area contributed by atoms with Crippen molar-refractivity contribution in [3.8, 4) is 22.3 Å². The molecule has 0 saturated carbocycles. The van der Waals surface area contributed by atoms with Crippen LogP contribution in [0.1, 0.15) is 0 Å². The Morgan fingerprint density at radius 2 is 0.920 bits per heavy atom. The molecule has 1 aromatic heterocycles. The number of fused-ring (bicyclic) bond motifs is 7. The Balaban J connectivity index is 1.15. The molecule has 0 bridgehead atoms. The smallest absolute Gasteiger partial charge is 0.136 e.